The summed E-state index contributed by atoms with van der Waals surface area (Å²) in [5.74, 6) is 0. The van der Waals surface area contributed by atoms with Crippen molar-refractivity contribution in [3.05, 3.63) is 57.6 Å². The smallest absolute Gasteiger partial charge is 0.152 e. The van der Waals surface area contributed by atoms with Crippen LogP contribution >= 0.6 is 45.6 Å². The lowest BCUT2D eigenvalue weighted by molar-refractivity contribution is 1.36. The van der Waals surface area contributed by atoms with E-state index in [1.54, 1.807) is 34.0 Å². The zero-order chi connectivity index (χ0) is 14.9. The Morgan fingerprint density at radius 2 is 1.59 bits per heavy atom. The van der Waals surface area contributed by atoms with E-state index in [1.807, 2.05) is 35.7 Å². The number of thiophene rings is 1. The fraction of sp³-hybridized carbons (Fsp3) is 0. The van der Waals surface area contributed by atoms with Crippen molar-refractivity contribution in [2.24, 2.45) is 0 Å². The van der Waals surface area contributed by atoms with Crippen molar-refractivity contribution in [1.82, 2.24) is 9.97 Å². The van der Waals surface area contributed by atoms with E-state index in [0.717, 1.165) is 32.0 Å². The first-order valence-electron chi connectivity index (χ1n) is 6.51. The van der Waals surface area contributed by atoms with Crippen LogP contribution in [0, 0.1) is 0 Å². The van der Waals surface area contributed by atoms with Gasteiger partial charge in [0.05, 0.1) is 16.3 Å². The molecule has 3 aromatic heterocycles. The van der Waals surface area contributed by atoms with E-state index in [2.05, 4.69) is 16.8 Å². The molecule has 0 aliphatic carbocycles. The number of thiazole rings is 2. The summed E-state index contributed by atoms with van der Waals surface area (Å²) in [5, 5.41) is 8.83. The summed E-state index contributed by atoms with van der Waals surface area (Å²) in [6.07, 6.45) is 0. The Labute approximate surface area is 144 Å². The predicted octanol–water partition coefficient (Wildman–Crippen LogP) is 6.32. The molecule has 22 heavy (non-hydrogen) atoms. The van der Waals surface area contributed by atoms with E-state index in [1.165, 1.54) is 4.88 Å². The third kappa shape index (κ3) is 2.73. The number of rotatable bonds is 3. The van der Waals surface area contributed by atoms with Crippen molar-refractivity contribution in [2.75, 3.05) is 0 Å². The van der Waals surface area contributed by atoms with E-state index in [-0.39, 0.29) is 0 Å². The summed E-state index contributed by atoms with van der Waals surface area (Å²) in [4.78, 5) is 10.6. The van der Waals surface area contributed by atoms with Crippen molar-refractivity contribution in [3.63, 3.8) is 0 Å². The molecule has 0 radical (unpaired) electrons. The Hall–Kier alpha value is -1.53. The third-order valence-electron chi connectivity index (χ3n) is 3.09. The van der Waals surface area contributed by atoms with Crippen LogP contribution < -0.4 is 0 Å². The zero-order valence-electron chi connectivity index (χ0n) is 11.2. The molecule has 0 N–H and O–H groups in total. The van der Waals surface area contributed by atoms with Crippen molar-refractivity contribution >= 4 is 45.6 Å². The fourth-order valence-electron chi connectivity index (χ4n) is 2.06. The van der Waals surface area contributed by atoms with Gasteiger partial charge >= 0.3 is 0 Å². The summed E-state index contributed by atoms with van der Waals surface area (Å²) in [7, 11) is 0. The molecule has 4 rings (SSSR count). The van der Waals surface area contributed by atoms with Gasteiger partial charge in [-0.1, -0.05) is 29.8 Å². The molecule has 0 saturated heterocycles. The van der Waals surface area contributed by atoms with Gasteiger partial charge in [0, 0.05) is 21.3 Å². The van der Waals surface area contributed by atoms with Gasteiger partial charge in [0.2, 0.25) is 0 Å². The molecule has 0 saturated carbocycles. The second-order valence-corrected chi connectivity index (χ2v) is 7.66. The van der Waals surface area contributed by atoms with Gasteiger partial charge in [-0.15, -0.1) is 34.0 Å². The molecule has 2 nitrogen and oxygen atoms in total. The number of hydrogen-bond acceptors (Lipinski definition) is 5. The van der Waals surface area contributed by atoms with Crippen LogP contribution in [0.3, 0.4) is 0 Å². The highest BCUT2D eigenvalue weighted by molar-refractivity contribution is 7.20. The number of halogens is 1. The molecule has 6 heteroatoms. The number of benzene rings is 1. The first kappa shape index (κ1) is 14.1. The molecular weight excluding hydrogens is 352 g/mol. The largest absolute Gasteiger partial charge is 0.233 e. The minimum atomic E-state index is 0.723. The lowest BCUT2D eigenvalue weighted by Crippen LogP contribution is -1.79. The minimum Gasteiger partial charge on any atom is -0.233 e. The second kappa shape index (κ2) is 5.93. The fourth-order valence-corrected chi connectivity index (χ4v) is 4.71. The summed E-state index contributed by atoms with van der Waals surface area (Å²) in [6.45, 7) is 0. The molecule has 4 aromatic rings. The summed E-state index contributed by atoms with van der Waals surface area (Å²) >= 11 is 11.0. The monoisotopic (exact) mass is 360 g/mol. The molecule has 0 bridgehead atoms. The van der Waals surface area contributed by atoms with Crippen molar-refractivity contribution in [2.45, 2.75) is 0 Å². The van der Waals surface area contributed by atoms with Crippen LogP contribution in [-0.4, -0.2) is 9.97 Å². The van der Waals surface area contributed by atoms with Crippen LogP contribution in [0.5, 0.6) is 0 Å². The predicted molar refractivity (Wildman–Crippen MR) is 97.0 cm³/mol. The molecular formula is C16H9ClN2S3. The van der Waals surface area contributed by atoms with Crippen molar-refractivity contribution in [3.8, 4) is 31.8 Å². The van der Waals surface area contributed by atoms with Crippen LogP contribution in [0.15, 0.2) is 52.5 Å². The van der Waals surface area contributed by atoms with Gasteiger partial charge in [0.1, 0.15) is 0 Å². The van der Waals surface area contributed by atoms with Crippen molar-refractivity contribution in [1.29, 1.82) is 0 Å². The Bertz CT molecular complexity index is 909. The lowest BCUT2D eigenvalue weighted by Gasteiger charge is -1.96. The normalized spacial score (nSPS) is 11.0. The Morgan fingerprint density at radius 3 is 2.32 bits per heavy atom. The molecule has 0 aliphatic heterocycles. The molecule has 0 amide bonds. The average Bonchev–Trinajstić information content (AvgIpc) is 3.27. The molecule has 0 unspecified atom stereocenters. The minimum absolute atomic E-state index is 0.723. The average molecular weight is 361 g/mol. The summed E-state index contributed by atoms with van der Waals surface area (Å²) < 4.78 is 0. The van der Waals surface area contributed by atoms with Crippen LogP contribution in [0.4, 0.5) is 0 Å². The zero-order valence-corrected chi connectivity index (χ0v) is 14.4. The van der Waals surface area contributed by atoms with Gasteiger partial charge in [0.25, 0.3) is 0 Å². The van der Waals surface area contributed by atoms with Crippen LogP contribution in [0.1, 0.15) is 0 Å². The Kier molecular flexibility index (Phi) is 3.80. The van der Waals surface area contributed by atoms with Gasteiger partial charge < -0.3 is 0 Å². The van der Waals surface area contributed by atoms with Crippen LogP contribution in [0.25, 0.3) is 31.8 Å². The maximum absolute atomic E-state index is 6.05. The third-order valence-corrected chi connectivity index (χ3v) is 6.04. The maximum atomic E-state index is 6.05. The van der Waals surface area contributed by atoms with Crippen LogP contribution in [-0.2, 0) is 0 Å². The molecule has 1 aromatic carbocycles. The van der Waals surface area contributed by atoms with E-state index >= 15 is 0 Å². The highest BCUT2D eigenvalue weighted by atomic mass is 35.5. The van der Waals surface area contributed by atoms with Gasteiger partial charge in [-0.05, 0) is 23.6 Å². The van der Waals surface area contributed by atoms with Gasteiger partial charge in [-0.25, -0.2) is 9.97 Å². The summed E-state index contributed by atoms with van der Waals surface area (Å²) in [5.41, 5.74) is 3.00. The highest BCUT2D eigenvalue weighted by Gasteiger charge is 2.12. The Morgan fingerprint density at radius 1 is 0.818 bits per heavy atom. The molecule has 0 atom stereocenters. The van der Waals surface area contributed by atoms with Gasteiger partial charge in [-0.2, -0.15) is 0 Å². The highest BCUT2D eigenvalue weighted by Crippen LogP contribution is 2.34. The number of nitrogens with zero attached hydrogens (tertiary/aromatic N) is 2. The van der Waals surface area contributed by atoms with E-state index in [0.29, 0.717) is 0 Å². The summed E-state index contributed by atoms with van der Waals surface area (Å²) in [6, 6.07) is 11.9. The van der Waals surface area contributed by atoms with Crippen LogP contribution in [0.2, 0.25) is 5.02 Å². The molecule has 0 spiro atoms. The lowest BCUT2D eigenvalue weighted by atomic mass is 10.2. The Balaban J connectivity index is 1.67. The molecule has 0 aliphatic rings. The first-order chi connectivity index (χ1) is 10.8. The van der Waals surface area contributed by atoms with Gasteiger partial charge in [0.15, 0.2) is 10.0 Å². The van der Waals surface area contributed by atoms with Crippen molar-refractivity contribution < 1.29 is 0 Å². The first-order valence-corrected chi connectivity index (χ1v) is 9.52. The topological polar surface area (TPSA) is 25.8 Å². The maximum Gasteiger partial charge on any atom is 0.152 e. The number of aromatic nitrogens is 2. The molecule has 0 fully saturated rings. The number of hydrogen-bond donors (Lipinski definition) is 0. The molecule has 3 heterocycles. The second-order valence-electron chi connectivity index (χ2n) is 4.56. The SMILES string of the molecule is Clc1cccc(-c2csc(-c3nc(-c4cccs4)cs3)n2)c1. The molecule has 108 valence electrons. The van der Waals surface area contributed by atoms with E-state index in [9.17, 15) is 0 Å². The standard InChI is InChI=1S/C16H9ClN2S3/c17-11-4-1-3-10(7-11)12-8-21-15(18-12)16-19-13(9-22-16)14-5-2-6-20-14/h1-9H. The van der Waals surface area contributed by atoms with E-state index < -0.39 is 0 Å². The quantitative estimate of drug-likeness (QED) is 0.427. The van der Waals surface area contributed by atoms with E-state index in [4.69, 9.17) is 21.6 Å². The van der Waals surface area contributed by atoms with Gasteiger partial charge in [-0.3, -0.25) is 0 Å².